The molecule has 0 radical (unpaired) electrons. The molecule has 2 aliphatic rings. The fourth-order valence-electron chi connectivity index (χ4n) is 2.74. The van der Waals surface area contributed by atoms with Crippen LogP contribution in [0.3, 0.4) is 0 Å². The van der Waals surface area contributed by atoms with Gasteiger partial charge in [0.25, 0.3) is 0 Å². The van der Waals surface area contributed by atoms with Crippen molar-refractivity contribution in [3.63, 3.8) is 0 Å². The van der Waals surface area contributed by atoms with E-state index in [9.17, 15) is 8.42 Å². The van der Waals surface area contributed by atoms with Gasteiger partial charge in [-0.2, -0.15) is 11.8 Å². The molecule has 1 heterocycles. The van der Waals surface area contributed by atoms with E-state index in [1.54, 1.807) is 11.8 Å². The Kier molecular flexibility index (Phi) is 4.95. The van der Waals surface area contributed by atoms with Crippen molar-refractivity contribution in [2.75, 3.05) is 6.26 Å². The number of rotatable bonds is 7. The standard InChI is InChI=1S/C14H22N2O2S3/c1-19-13-4-2-3-12(13)16-21(17,18)14-7-10(9-20-14)8-15-11-5-6-11/h7,9,11-13,15-16H,2-6,8H2,1H3. The Morgan fingerprint density at radius 2 is 2.14 bits per heavy atom. The van der Waals surface area contributed by atoms with E-state index in [0.29, 0.717) is 15.5 Å². The number of sulfonamides is 1. The van der Waals surface area contributed by atoms with Crippen molar-refractivity contribution in [1.82, 2.24) is 10.0 Å². The maximum absolute atomic E-state index is 12.5. The van der Waals surface area contributed by atoms with Gasteiger partial charge in [0, 0.05) is 23.9 Å². The highest BCUT2D eigenvalue weighted by atomic mass is 32.2. The Hall–Kier alpha value is -0.0800. The zero-order valence-electron chi connectivity index (χ0n) is 12.2. The van der Waals surface area contributed by atoms with Crippen LogP contribution in [0.5, 0.6) is 0 Å². The third-order valence-corrected chi connectivity index (χ3v) is 8.28. The van der Waals surface area contributed by atoms with Crippen molar-refractivity contribution in [2.45, 2.75) is 60.2 Å². The molecule has 2 N–H and O–H groups in total. The Morgan fingerprint density at radius 1 is 1.33 bits per heavy atom. The number of hydrogen-bond donors (Lipinski definition) is 2. The van der Waals surface area contributed by atoms with E-state index < -0.39 is 10.0 Å². The van der Waals surface area contributed by atoms with Crippen LogP contribution in [0.15, 0.2) is 15.7 Å². The predicted octanol–water partition coefficient (Wildman–Crippen LogP) is 2.56. The highest BCUT2D eigenvalue weighted by Crippen LogP contribution is 2.30. The fraction of sp³-hybridized carbons (Fsp3) is 0.714. The summed E-state index contributed by atoms with van der Waals surface area (Å²) in [5.41, 5.74) is 1.07. The second-order valence-corrected chi connectivity index (χ2v) is 9.79. The smallest absolute Gasteiger partial charge is 0.250 e. The minimum absolute atomic E-state index is 0.0835. The molecule has 0 aromatic carbocycles. The largest absolute Gasteiger partial charge is 0.310 e. The normalized spacial score (nSPS) is 26.3. The lowest BCUT2D eigenvalue weighted by atomic mass is 10.3. The van der Waals surface area contributed by atoms with E-state index in [1.165, 1.54) is 24.2 Å². The van der Waals surface area contributed by atoms with E-state index in [0.717, 1.165) is 31.4 Å². The van der Waals surface area contributed by atoms with Crippen molar-refractivity contribution in [3.05, 3.63) is 17.0 Å². The van der Waals surface area contributed by atoms with E-state index in [4.69, 9.17) is 0 Å². The second kappa shape index (κ2) is 6.58. The summed E-state index contributed by atoms with van der Waals surface area (Å²) in [5.74, 6) is 0. The molecule has 3 rings (SSSR count). The molecule has 118 valence electrons. The van der Waals surface area contributed by atoms with Crippen LogP contribution in [0.25, 0.3) is 0 Å². The number of thioether (sulfide) groups is 1. The van der Waals surface area contributed by atoms with Gasteiger partial charge in [-0.15, -0.1) is 11.3 Å². The molecule has 1 aromatic heterocycles. The molecule has 0 spiro atoms. The van der Waals surface area contributed by atoms with Crippen LogP contribution < -0.4 is 10.0 Å². The van der Waals surface area contributed by atoms with Gasteiger partial charge >= 0.3 is 0 Å². The van der Waals surface area contributed by atoms with Gasteiger partial charge in [0.2, 0.25) is 10.0 Å². The maximum atomic E-state index is 12.5. The molecule has 2 unspecified atom stereocenters. The molecule has 2 aliphatic carbocycles. The van der Waals surface area contributed by atoms with Gasteiger partial charge < -0.3 is 5.32 Å². The molecule has 0 saturated heterocycles. The lowest BCUT2D eigenvalue weighted by Gasteiger charge is -2.18. The van der Waals surface area contributed by atoms with Gasteiger partial charge in [-0.1, -0.05) is 6.42 Å². The zero-order chi connectivity index (χ0) is 14.9. The summed E-state index contributed by atoms with van der Waals surface area (Å²) in [7, 11) is -3.36. The first-order chi connectivity index (χ1) is 10.1. The minimum Gasteiger partial charge on any atom is -0.310 e. The number of nitrogens with one attached hydrogen (secondary N) is 2. The van der Waals surface area contributed by atoms with Gasteiger partial charge in [0.05, 0.1) is 0 Å². The average Bonchev–Trinajstić information content (AvgIpc) is 2.98. The molecular weight excluding hydrogens is 324 g/mol. The average molecular weight is 347 g/mol. The van der Waals surface area contributed by atoms with E-state index in [1.807, 2.05) is 11.4 Å². The maximum Gasteiger partial charge on any atom is 0.250 e. The van der Waals surface area contributed by atoms with Crippen LogP contribution in [-0.2, 0) is 16.6 Å². The van der Waals surface area contributed by atoms with Crippen LogP contribution in [0, 0.1) is 0 Å². The van der Waals surface area contributed by atoms with Crippen molar-refractivity contribution in [1.29, 1.82) is 0 Å². The number of thiophene rings is 1. The van der Waals surface area contributed by atoms with Crippen LogP contribution in [0.2, 0.25) is 0 Å². The molecule has 2 fully saturated rings. The Morgan fingerprint density at radius 3 is 2.86 bits per heavy atom. The van der Waals surface area contributed by atoms with Crippen molar-refractivity contribution in [3.8, 4) is 0 Å². The summed E-state index contributed by atoms with van der Waals surface area (Å²) in [4.78, 5) is 0. The van der Waals surface area contributed by atoms with Crippen LogP contribution in [0.4, 0.5) is 0 Å². The molecule has 0 amide bonds. The first-order valence-electron chi connectivity index (χ1n) is 7.44. The van der Waals surface area contributed by atoms with E-state index in [-0.39, 0.29) is 6.04 Å². The summed E-state index contributed by atoms with van der Waals surface area (Å²) in [6.45, 7) is 0.771. The van der Waals surface area contributed by atoms with Crippen molar-refractivity contribution < 1.29 is 8.42 Å². The molecule has 1 aromatic rings. The quantitative estimate of drug-likeness (QED) is 0.797. The van der Waals surface area contributed by atoms with Gasteiger partial charge in [-0.05, 0) is 48.9 Å². The number of hydrogen-bond acceptors (Lipinski definition) is 5. The zero-order valence-corrected chi connectivity index (χ0v) is 14.6. The third kappa shape index (κ3) is 4.01. The van der Waals surface area contributed by atoms with E-state index >= 15 is 0 Å². The second-order valence-electron chi connectivity index (χ2n) is 5.86. The predicted molar refractivity (Wildman–Crippen MR) is 89.4 cm³/mol. The molecule has 4 nitrogen and oxygen atoms in total. The topological polar surface area (TPSA) is 58.2 Å². The molecule has 21 heavy (non-hydrogen) atoms. The van der Waals surface area contributed by atoms with Crippen molar-refractivity contribution >= 4 is 33.1 Å². The summed E-state index contributed by atoms with van der Waals surface area (Å²) in [6, 6.07) is 2.54. The highest BCUT2D eigenvalue weighted by Gasteiger charge is 2.31. The first-order valence-corrected chi connectivity index (χ1v) is 11.1. The molecule has 0 aliphatic heterocycles. The summed E-state index contributed by atoms with van der Waals surface area (Å²) in [6.07, 6.45) is 7.72. The lowest BCUT2D eigenvalue weighted by Crippen LogP contribution is -2.38. The Labute approximate surface area is 135 Å². The SMILES string of the molecule is CSC1CCCC1NS(=O)(=O)c1cc(CNC2CC2)cs1. The Balaban J connectivity index is 1.63. The summed E-state index contributed by atoms with van der Waals surface area (Å²) in [5, 5.41) is 5.78. The Bertz CT molecular complexity index is 581. The monoisotopic (exact) mass is 346 g/mol. The lowest BCUT2D eigenvalue weighted by molar-refractivity contribution is 0.557. The third-order valence-electron chi connectivity index (χ3n) is 4.13. The summed E-state index contributed by atoms with van der Waals surface area (Å²) < 4.78 is 28.3. The van der Waals surface area contributed by atoms with Gasteiger partial charge in [0.1, 0.15) is 4.21 Å². The van der Waals surface area contributed by atoms with Gasteiger partial charge in [-0.3, -0.25) is 0 Å². The van der Waals surface area contributed by atoms with Gasteiger partial charge in [-0.25, -0.2) is 13.1 Å². The highest BCUT2D eigenvalue weighted by molar-refractivity contribution is 7.99. The first kappa shape index (κ1) is 15.8. The summed E-state index contributed by atoms with van der Waals surface area (Å²) >= 11 is 3.09. The minimum atomic E-state index is -3.36. The fourth-order valence-corrected chi connectivity index (χ4v) is 6.30. The molecule has 2 atom stereocenters. The molecule has 7 heteroatoms. The van der Waals surface area contributed by atoms with Crippen LogP contribution in [0.1, 0.15) is 37.7 Å². The molecular formula is C14H22N2O2S3. The van der Waals surface area contributed by atoms with E-state index in [2.05, 4.69) is 16.3 Å². The molecule has 2 saturated carbocycles. The molecule has 0 bridgehead atoms. The van der Waals surface area contributed by atoms with Gasteiger partial charge in [0.15, 0.2) is 0 Å². The van der Waals surface area contributed by atoms with Crippen LogP contribution in [-0.4, -0.2) is 32.0 Å². The van der Waals surface area contributed by atoms with Crippen molar-refractivity contribution in [2.24, 2.45) is 0 Å². The van der Waals surface area contributed by atoms with Crippen LogP contribution >= 0.6 is 23.1 Å².